The number of nitrogens with zero attached hydrogens (tertiary/aromatic N) is 3. The molecule has 0 radical (unpaired) electrons. The number of likely N-dealkylation sites (tertiary alicyclic amines) is 1. The third-order valence-corrected chi connectivity index (χ3v) is 3.56. The Labute approximate surface area is 112 Å². The lowest BCUT2D eigenvalue weighted by Gasteiger charge is -2.40. The van der Waals surface area contributed by atoms with E-state index in [0.29, 0.717) is 18.3 Å². The van der Waals surface area contributed by atoms with Gasteiger partial charge in [0.2, 0.25) is 5.89 Å². The first-order valence-electron chi connectivity index (χ1n) is 6.55. The Bertz CT molecular complexity index is 458. The SMILES string of the molecule is CC(C(=O)O)C1CN(Cc2noc(C(C)(C)C)n2)C1. The van der Waals surface area contributed by atoms with Crippen LogP contribution < -0.4 is 0 Å². The molecule has 1 aliphatic heterocycles. The Hall–Kier alpha value is -1.43. The van der Waals surface area contributed by atoms with Crippen molar-refractivity contribution in [1.29, 1.82) is 0 Å². The molecule has 1 unspecified atom stereocenters. The van der Waals surface area contributed by atoms with E-state index in [9.17, 15) is 4.79 Å². The van der Waals surface area contributed by atoms with Gasteiger partial charge in [-0.05, 0) is 5.92 Å². The van der Waals surface area contributed by atoms with Crippen molar-refractivity contribution < 1.29 is 14.4 Å². The van der Waals surface area contributed by atoms with Crippen LogP contribution in [0.4, 0.5) is 0 Å². The highest BCUT2D eigenvalue weighted by molar-refractivity contribution is 5.70. The molecule has 106 valence electrons. The molecule has 1 saturated heterocycles. The summed E-state index contributed by atoms with van der Waals surface area (Å²) in [6.07, 6.45) is 0. The monoisotopic (exact) mass is 267 g/mol. The van der Waals surface area contributed by atoms with Crippen LogP contribution in [0.3, 0.4) is 0 Å². The molecule has 19 heavy (non-hydrogen) atoms. The van der Waals surface area contributed by atoms with Crippen molar-refractivity contribution in [3.63, 3.8) is 0 Å². The van der Waals surface area contributed by atoms with Crippen LogP contribution in [-0.2, 0) is 16.8 Å². The van der Waals surface area contributed by atoms with Crippen molar-refractivity contribution in [3.8, 4) is 0 Å². The Morgan fingerprint density at radius 1 is 1.53 bits per heavy atom. The quantitative estimate of drug-likeness (QED) is 0.891. The minimum Gasteiger partial charge on any atom is -0.481 e. The lowest BCUT2D eigenvalue weighted by molar-refractivity contribution is -0.145. The number of aromatic nitrogens is 2. The van der Waals surface area contributed by atoms with Gasteiger partial charge in [0, 0.05) is 18.5 Å². The summed E-state index contributed by atoms with van der Waals surface area (Å²) in [7, 11) is 0. The van der Waals surface area contributed by atoms with Gasteiger partial charge in [0.15, 0.2) is 5.82 Å². The summed E-state index contributed by atoms with van der Waals surface area (Å²) in [6.45, 7) is 10.0. The Morgan fingerprint density at radius 3 is 2.63 bits per heavy atom. The third kappa shape index (κ3) is 3.12. The van der Waals surface area contributed by atoms with Crippen LogP contribution >= 0.6 is 0 Å². The highest BCUT2D eigenvalue weighted by atomic mass is 16.5. The van der Waals surface area contributed by atoms with Crippen molar-refractivity contribution in [2.45, 2.75) is 39.7 Å². The summed E-state index contributed by atoms with van der Waals surface area (Å²) in [5, 5.41) is 12.9. The molecule has 0 bridgehead atoms. The van der Waals surface area contributed by atoms with Gasteiger partial charge in [0.25, 0.3) is 0 Å². The average Bonchev–Trinajstić information content (AvgIpc) is 2.69. The van der Waals surface area contributed by atoms with E-state index in [0.717, 1.165) is 13.1 Å². The molecule has 1 atom stereocenters. The maximum absolute atomic E-state index is 10.9. The number of carbonyl (C=O) groups is 1. The van der Waals surface area contributed by atoms with E-state index in [1.165, 1.54) is 0 Å². The third-order valence-electron chi connectivity index (χ3n) is 3.56. The number of rotatable bonds is 4. The summed E-state index contributed by atoms with van der Waals surface area (Å²) >= 11 is 0. The lowest BCUT2D eigenvalue weighted by Crippen LogP contribution is -2.50. The topological polar surface area (TPSA) is 79.5 Å². The van der Waals surface area contributed by atoms with Gasteiger partial charge in [-0.25, -0.2) is 0 Å². The lowest BCUT2D eigenvalue weighted by atomic mass is 9.87. The smallest absolute Gasteiger partial charge is 0.306 e. The average molecular weight is 267 g/mol. The second-order valence-corrected chi connectivity index (χ2v) is 6.35. The predicted molar refractivity (Wildman–Crippen MR) is 68.6 cm³/mol. The van der Waals surface area contributed by atoms with Crippen molar-refractivity contribution in [1.82, 2.24) is 15.0 Å². The number of carboxylic acids is 1. The van der Waals surface area contributed by atoms with Crippen LogP contribution in [-0.4, -0.2) is 39.2 Å². The maximum atomic E-state index is 10.9. The molecule has 1 N–H and O–H groups in total. The maximum Gasteiger partial charge on any atom is 0.306 e. The molecule has 2 rings (SSSR count). The van der Waals surface area contributed by atoms with Crippen LogP contribution in [0.15, 0.2) is 4.52 Å². The zero-order chi connectivity index (χ0) is 14.2. The standard InChI is InChI=1S/C13H21N3O3/c1-8(11(17)18)9-5-16(6-9)7-10-14-12(19-15-10)13(2,3)4/h8-9H,5-7H2,1-4H3,(H,17,18). The summed E-state index contributed by atoms with van der Waals surface area (Å²) in [4.78, 5) is 17.4. The van der Waals surface area contributed by atoms with Crippen molar-refractivity contribution in [2.75, 3.05) is 13.1 Å². The largest absolute Gasteiger partial charge is 0.481 e. The molecular weight excluding hydrogens is 246 g/mol. The first-order chi connectivity index (χ1) is 8.77. The minimum atomic E-state index is -0.723. The highest BCUT2D eigenvalue weighted by Gasteiger charge is 2.35. The molecule has 2 heterocycles. The summed E-state index contributed by atoms with van der Waals surface area (Å²) < 4.78 is 5.23. The van der Waals surface area contributed by atoms with E-state index in [-0.39, 0.29) is 17.3 Å². The van der Waals surface area contributed by atoms with Crippen molar-refractivity contribution >= 4 is 5.97 Å². The van der Waals surface area contributed by atoms with E-state index >= 15 is 0 Å². The van der Waals surface area contributed by atoms with Gasteiger partial charge in [-0.1, -0.05) is 32.9 Å². The molecular formula is C13H21N3O3. The van der Waals surface area contributed by atoms with Crippen LogP contribution in [0.5, 0.6) is 0 Å². The van der Waals surface area contributed by atoms with Gasteiger partial charge >= 0.3 is 5.97 Å². The number of aliphatic carboxylic acids is 1. The predicted octanol–water partition coefficient (Wildman–Crippen LogP) is 1.52. The van der Waals surface area contributed by atoms with Crippen molar-refractivity contribution in [2.24, 2.45) is 11.8 Å². The summed E-state index contributed by atoms with van der Waals surface area (Å²) in [5.41, 5.74) is -0.138. The first kappa shape index (κ1) is 14.0. The van der Waals surface area contributed by atoms with Crippen LogP contribution in [0.25, 0.3) is 0 Å². The van der Waals surface area contributed by atoms with Gasteiger partial charge < -0.3 is 9.63 Å². The molecule has 1 fully saturated rings. The van der Waals surface area contributed by atoms with E-state index in [4.69, 9.17) is 9.63 Å². The zero-order valence-electron chi connectivity index (χ0n) is 11.9. The molecule has 0 aromatic carbocycles. The van der Waals surface area contributed by atoms with E-state index in [1.807, 2.05) is 20.8 Å². The highest BCUT2D eigenvalue weighted by Crippen LogP contribution is 2.26. The Balaban J connectivity index is 1.85. The molecule has 6 heteroatoms. The van der Waals surface area contributed by atoms with Gasteiger partial charge in [0.05, 0.1) is 12.5 Å². The fraction of sp³-hybridized carbons (Fsp3) is 0.769. The Kier molecular flexibility index (Phi) is 3.62. The molecule has 1 aromatic rings. The Morgan fingerprint density at radius 2 is 2.16 bits per heavy atom. The molecule has 0 spiro atoms. The second-order valence-electron chi connectivity index (χ2n) is 6.35. The zero-order valence-corrected chi connectivity index (χ0v) is 11.9. The van der Waals surface area contributed by atoms with Gasteiger partial charge in [-0.15, -0.1) is 0 Å². The fourth-order valence-corrected chi connectivity index (χ4v) is 2.08. The van der Waals surface area contributed by atoms with Crippen molar-refractivity contribution in [3.05, 3.63) is 11.7 Å². The van der Waals surface area contributed by atoms with Crippen LogP contribution in [0.2, 0.25) is 0 Å². The normalized spacial score (nSPS) is 19.2. The van der Waals surface area contributed by atoms with Gasteiger partial charge in [-0.2, -0.15) is 4.98 Å². The molecule has 1 aliphatic rings. The first-order valence-corrected chi connectivity index (χ1v) is 6.55. The molecule has 1 aromatic heterocycles. The number of hydrogen-bond donors (Lipinski definition) is 1. The molecule has 0 aliphatic carbocycles. The van der Waals surface area contributed by atoms with Gasteiger partial charge in [0.1, 0.15) is 0 Å². The minimum absolute atomic E-state index is 0.138. The molecule has 0 saturated carbocycles. The second kappa shape index (κ2) is 4.92. The van der Waals surface area contributed by atoms with E-state index in [2.05, 4.69) is 15.0 Å². The van der Waals surface area contributed by atoms with E-state index < -0.39 is 5.97 Å². The molecule has 6 nitrogen and oxygen atoms in total. The number of carboxylic acid groups (broad SMARTS) is 1. The van der Waals surface area contributed by atoms with Crippen LogP contribution in [0, 0.1) is 11.8 Å². The summed E-state index contributed by atoms with van der Waals surface area (Å²) in [6, 6.07) is 0. The van der Waals surface area contributed by atoms with Crippen LogP contribution in [0.1, 0.15) is 39.4 Å². The van der Waals surface area contributed by atoms with Gasteiger partial charge in [-0.3, -0.25) is 9.69 Å². The fourth-order valence-electron chi connectivity index (χ4n) is 2.08. The van der Waals surface area contributed by atoms with E-state index in [1.54, 1.807) is 6.92 Å². The summed E-state index contributed by atoms with van der Waals surface area (Å²) in [5.74, 6) is 0.530. The molecule has 0 amide bonds. The number of hydrogen-bond acceptors (Lipinski definition) is 5.